The number of hydrogen-bond donors (Lipinski definition) is 6. The number of rotatable bonds is 8. The van der Waals surface area contributed by atoms with Crippen molar-refractivity contribution < 1.29 is 49.6 Å². The van der Waals surface area contributed by atoms with Gasteiger partial charge in [-0.2, -0.15) is 0 Å². The summed E-state index contributed by atoms with van der Waals surface area (Å²) < 4.78 is 23.5. The minimum atomic E-state index is -1.73. The van der Waals surface area contributed by atoms with E-state index in [1.807, 2.05) is 91.0 Å². The van der Waals surface area contributed by atoms with Crippen molar-refractivity contribution >= 4 is 0 Å². The van der Waals surface area contributed by atoms with E-state index in [0.717, 1.165) is 16.7 Å². The van der Waals surface area contributed by atoms with E-state index in [1.165, 1.54) is 0 Å². The Balaban J connectivity index is 1.44. The fraction of sp³-hybridized carbons (Fsp3) is 0.387. The van der Waals surface area contributed by atoms with E-state index in [4.69, 9.17) is 18.9 Å². The lowest BCUT2D eigenvalue weighted by Gasteiger charge is -2.45. The first kappa shape index (κ1) is 29.7. The van der Waals surface area contributed by atoms with Crippen molar-refractivity contribution in [3.05, 3.63) is 115 Å². The van der Waals surface area contributed by atoms with Crippen LogP contribution in [0.15, 0.2) is 91.0 Å². The standard InChI is InChI=1S/C31H35O10/c1-18-23(32)25(34)27(36)29(39-18)41-30-28(37)26(35)24(33)22(40-30)17-38-31(19-11-5-2-6-12-19,20-13-7-3-8-14-20)21-15-9-4-10-16-21/h2-16,18,22-30,32-37H,1,17H2/t18-,22-,23-,24-,25+,26+,27-,28-,29?,30?/m1/s1. The smallest absolute Gasteiger partial charge is 0.189 e. The molecule has 0 amide bonds. The lowest BCUT2D eigenvalue weighted by molar-refractivity contribution is -0.373. The van der Waals surface area contributed by atoms with E-state index in [-0.39, 0.29) is 6.61 Å². The van der Waals surface area contributed by atoms with Gasteiger partial charge in [-0.25, -0.2) is 0 Å². The van der Waals surface area contributed by atoms with E-state index in [2.05, 4.69) is 6.92 Å². The van der Waals surface area contributed by atoms with Crippen LogP contribution in [0.1, 0.15) is 16.7 Å². The molecule has 2 fully saturated rings. The van der Waals surface area contributed by atoms with Crippen LogP contribution in [0.4, 0.5) is 0 Å². The minimum Gasteiger partial charge on any atom is -0.388 e. The molecule has 2 aliphatic heterocycles. The Morgan fingerprint density at radius 2 is 0.976 bits per heavy atom. The second-order valence-electron chi connectivity index (χ2n) is 10.3. The largest absolute Gasteiger partial charge is 0.388 e. The van der Waals surface area contributed by atoms with Gasteiger partial charge in [0.15, 0.2) is 12.6 Å². The molecular weight excluding hydrogens is 532 g/mol. The molecule has 0 spiro atoms. The van der Waals surface area contributed by atoms with Crippen LogP contribution in [0.2, 0.25) is 0 Å². The van der Waals surface area contributed by atoms with E-state index in [1.54, 1.807) is 0 Å². The molecule has 0 aliphatic carbocycles. The van der Waals surface area contributed by atoms with E-state index < -0.39 is 67.0 Å². The molecule has 5 rings (SSSR count). The second kappa shape index (κ2) is 12.6. The van der Waals surface area contributed by atoms with Gasteiger partial charge in [0.1, 0.15) is 48.3 Å². The fourth-order valence-electron chi connectivity index (χ4n) is 5.30. The van der Waals surface area contributed by atoms with Crippen LogP contribution in [0.3, 0.4) is 0 Å². The van der Waals surface area contributed by atoms with E-state index in [9.17, 15) is 30.6 Å². The summed E-state index contributed by atoms with van der Waals surface area (Å²) in [5.74, 6) is 0. The molecule has 10 atom stereocenters. The topological polar surface area (TPSA) is 158 Å². The van der Waals surface area contributed by atoms with Crippen LogP contribution in [-0.4, -0.2) is 98.7 Å². The molecule has 6 N–H and O–H groups in total. The van der Waals surface area contributed by atoms with Crippen molar-refractivity contribution in [2.75, 3.05) is 6.61 Å². The van der Waals surface area contributed by atoms with Gasteiger partial charge in [0.25, 0.3) is 0 Å². The summed E-state index contributed by atoms with van der Waals surface area (Å²) in [6, 6.07) is 28.6. The van der Waals surface area contributed by atoms with Crippen LogP contribution in [0.25, 0.3) is 0 Å². The number of ether oxygens (including phenoxy) is 4. The molecule has 219 valence electrons. The third-order valence-corrected chi connectivity index (χ3v) is 7.61. The van der Waals surface area contributed by atoms with Crippen molar-refractivity contribution in [1.29, 1.82) is 0 Å². The van der Waals surface area contributed by atoms with Gasteiger partial charge in [-0.1, -0.05) is 91.0 Å². The summed E-state index contributed by atoms with van der Waals surface area (Å²) in [5.41, 5.74) is 1.28. The maximum atomic E-state index is 10.9. The summed E-state index contributed by atoms with van der Waals surface area (Å²) in [4.78, 5) is 0. The van der Waals surface area contributed by atoms with Gasteiger partial charge < -0.3 is 49.6 Å². The minimum absolute atomic E-state index is 0.253. The van der Waals surface area contributed by atoms with Crippen LogP contribution in [-0.2, 0) is 24.5 Å². The number of benzene rings is 3. The SMILES string of the molecule is [CH2][C@H]1OC(OC2O[C@H](COC(c3ccccc3)(c3ccccc3)c3ccccc3)[C@@H](O)[C@H](O)[C@H]2O)[C@H](O)[C@@H](O)[C@@H]1O. The fourth-order valence-corrected chi connectivity index (χ4v) is 5.30. The predicted molar refractivity (Wildman–Crippen MR) is 145 cm³/mol. The van der Waals surface area contributed by atoms with Gasteiger partial charge in [0.05, 0.1) is 12.7 Å². The Morgan fingerprint density at radius 3 is 1.44 bits per heavy atom. The highest BCUT2D eigenvalue weighted by Gasteiger charge is 2.50. The van der Waals surface area contributed by atoms with Gasteiger partial charge in [-0.15, -0.1) is 0 Å². The summed E-state index contributed by atoms with van der Waals surface area (Å²) in [6.07, 6.45) is -15.2. The number of aliphatic hydroxyl groups is 6. The maximum Gasteiger partial charge on any atom is 0.189 e. The molecule has 2 aliphatic rings. The Morgan fingerprint density at radius 1 is 0.561 bits per heavy atom. The molecule has 2 unspecified atom stereocenters. The van der Waals surface area contributed by atoms with Crippen LogP contribution < -0.4 is 0 Å². The first-order valence-corrected chi connectivity index (χ1v) is 13.4. The van der Waals surface area contributed by atoms with Crippen molar-refractivity contribution in [3.8, 4) is 0 Å². The molecule has 3 aromatic rings. The number of aliphatic hydroxyl groups excluding tert-OH is 6. The predicted octanol–water partition coefficient (Wildman–Crippen LogP) is 0.461. The van der Waals surface area contributed by atoms with Gasteiger partial charge >= 0.3 is 0 Å². The van der Waals surface area contributed by atoms with E-state index >= 15 is 0 Å². The summed E-state index contributed by atoms with van der Waals surface area (Å²) in [5, 5.41) is 62.6. The van der Waals surface area contributed by atoms with Crippen molar-refractivity contribution in [2.24, 2.45) is 0 Å². The first-order chi connectivity index (χ1) is 19.7. The molecule has 3 aromatic carbocycles. The molecule has 2 heterocycles. The zero-order chi connectivity index (χ0) is 29.1. The summed E-state index contributed by atoms with van der Waals surface area (Å²) in [7, 11) is 0. The highest BCUT2D eigenvalue weighted by molar-refractivity contribution is 5.47. The molecule has 0 saturated carbocycles. The Hall–Kier alpha value is -2.74. The monoisotopic (exact) mass is 567 g/mol. The van der Waals surface area contributed by atoms with Gasteiger partial charge in [-0.05, 0) is 23.6 Å². The van der Waals surface area contributed by atoms with Crippen LogP contribution >= 0.6 is 0 Å². The summed E-state index contributed by atoms with van der Waals surface area (Å²) in [6.45, 7) is 3.32. The lowest BCUT2D eigenvalue weighted by Crippen LogP contribution is -2.63. The van der Waals surface area contributed by atoms with E-state index in [0.29, 0.717) is 0 Å². The molecule has 10 nitrogen and oxygen atoms in total. The third kappa shape index (κ3) is 5.81. The Labute approximate surface area is 237 Å². The molecular formula is C31H35O10. The third-order valence-electron chi connectivity index (χ3n) is 7.61. The zero-order valence-electron chi connectivity index (χ0n) is 22.2. The molecule has 1 radical (unpaired) electrons. The van der Waals surface area contributed by atoms with Crippen molar-refractivity contribution in [3.63, 3.8) is 0 Å². The molecule has 0 bridgehead atoms. The zero-order valence-corrected chi connectivity index (χ0v) is 22.2. The van der Waals surface area contributed by atoms with Crippen LogP contribution in [0.5, 0.6) is 0 Å². The molecule has 2 saturated heterocycles. The highest BCUT2D eigenvalue weighted by atomic mass is 16.8. The Kier molecular flexibility index (Phi) is 9.17. The highest BCUT2D eigenvalue weighted by Crippen LogP contribution is 2.41. The number of hydrogen-bond acceptors (Lipinski definition) is 10. The van der Waals surface area contributed by atoms with Gasteiger partial charge in [-0.3, -0.25) is 0 Å². The molecule has 0 aromatic heterocycles. The summed E-state index contributed by atoms with van der Waals surface area (Å²) >= 11 is 0. The molecule has 10 heteroatoms. The average molecular weight is 568 g/mol. The van der Waals surface area contributed by atoms with Crippen molar-refractivity contribution in [2.45, 2.75) is 67.0 Å². The quantitative estimate of drug-likeness (QED) is 0.211. The normalized spacial score (nSPS) is 34.3. The first-order valence-electron chi connectivity index (χ1n) is 13.4. The van der Waals surface area contributed by atoms with Gasteiger partial charge in [0, 0.05) is 0 Å². The maximum absolute atomic E-state index is 10.9. The van der Waals surface area contributed by atoms with Crippen molar-refractivity contribution in [1.82, 2.24) is 0 Å². The van der Waals surface area contributed by atoms with Gasteiger partial charge in [0.2, 0.25) is 0 Å². The molecule has 41 heavy (non-hydrogen) atoms. The van der Waals surface area contributed by atoms with Crippen LogP contribution in [0, 0.1) is 6.92 Å². The average Bonchev–Trinajstić information content (AvgIpc) is 3.01. The Bertz CT molecular complexity index is 1130. The lowest BCUT2D eigenvalue weighted by atomic mass is 9.80. The second-order valence-corrected chi connectivity index (χ2v) is 10.3.